The lowest BCUT2D eigenvalue weighted by atomic mass is 9.82. The van der Waals surface area contributed by atoms with Gasteiger partial charge in [0.2, 0.25) is 4.96 Å². The molecule has 0 aliphatic heterocycles. The minimum Gasteiger partial charge on any atom is -0.496 e. The van der Waals surface area contributed by atoms with Gasteiger partial charge in [0.25, 0.3) is 0 Å². The normalized spacial score (nSPS) is 22.5. The molecule has 6 nitrogen and oxygen atoms in total. The zero-order valence-corrected chi connectivity index (χ0v) is 18.3. The number of ether oxygens (including phenoxy) is 1. The molecule has 0 saturated heterocycles. The van der Waals surface area contributed by atoms with Gasteiger partial charge in [0, 0.05) is 10.8 Å². The quantitative estimate of drug-likeness (QED) is 0.651. The fraction of sp³-hybridized carbons (Fsp3) is 0.500. The van der Waals surface area contributed by atoms with Gasteiger partial charge in [0.15, 0.2) is 0 Å². The summed E-state index contributed by atoms with van der Waals surface area (Å²) in [5.74, 6) is 0.828. The zero-order chi connectivity index (χ0) is 20.3. The van der Waals surface area contributed by atoms with Crippen LogP contribution in [-0.2, 0) is 5.60 Å². The van der Waals surface area contributed by atoms with E-state index in [1.165, 1.54) is 11.3 Å². The molecule has 1 aliphatic rings. The van der Waals surface area contributed by atoms with E-state index in [1.807, 2.05) is 30.5 Å². The molecule has 0 bridgehead atoms. The van der Waals surface area contributed by atoms with Gasteiger partial charge in [-0.15, -0.1) is 11.8 Å². The van der Waals surface area contributed by atoms with Crippen LogP contribution in [0.2, 0.25) is 0 Å². The first-order valence-corrected chi connectivity index (χ1v) is 10.9. The summed E-state index contributed by atoms with van der Waals surface area (Å²) in [5.41, 5.74) is 1.27. The summed E-state index contributed by atoms with van der Waals surface area (Å²) in [7, 11) is 1.67. The van der Waals surface area contributed by atoms with Crippen molar-refractivity contribution in [3.8, 4) is 17.0 Å². The molecule has 1 aromatic carbocycles. The van der Waals surface area contributed by atoms with Crippen molar-refractivity contribution in [3.63, 3.8) is 0 Å². The number of hydrogen-bond donors (Lipinski definition) is 2. The first-order valence-electron chi connectivity index (χ1n) is 9.24. The van der Waals surface area contributed by atoms with Crippen molar-refractivity contribution in [3.05, 3.63) is 28.9 Å². The highest BCUT2D eigenvalue weighted by atomic mass is 32.2. The number of benzene rings is 1. The highest BCUT2D eigenvalue weighted by Crippen LogP contribution is 2.46. The second kappa shape index (κ2) is 6.73. The van der Waals surface area contributed by atoms with Crippen LogP contribution in [0.4, 0.5) is 0 Å². The standard InChI is InChI=1S/C20H25N3O3S2/c1-11-16(23-18(21-11)28-17(22-23)19(2,3)24)12-6-7-14(26-5)15(8-12)27-13-9-20(4,25)10-13/h6-8,13,24-25H,9-10H2,1-5H3/t13-,20-. The maximum absolute atomic E-state index is 10.3. The van der Waals surface area contributed by atoms with Crippen molar-refractivity contribution in [1.82, 2.24) is 14.6 Å². The Balaban J connectivity index is 1.74. The molecule has 1 saturated carbocycles. The van der Waals surface area contributed by atoms with E-state index in [0.29, 0.717) is 10.3 Å². The summed E-state index contributed by atoms with van der Waals surface area (Å²) in [6.07, 6.45) is 1.56. The Hall–Kier alpha value is -1.61. The molecule has 2 heterocycles. The van der Waals surface area contributed by atoms with Crippen LogP contribution in [0.5, 0.6) is 5.75 Å². The van der Waals surface area contributed by atoms with E-state index in [-0.39, 0.29) is 0 Å². The molecule has 28 heavy (non-hydrogen) atoms. The lowest BCUT2D eigenvalue weighted by Crippen LogP contribution is -2.42. The summed E-state index contributed by atoms with van der Waals surface area (Å²) in [4.78, 5) is 6.46. The largest absolute Gasteiger partial charge is 0.496 e. The summed E-state index contributed by atoms with van der Waals surface area (Å²) >= 11 is 3.15. The van der Waals surface area contributed by atoms with Crippen LogP contribution in [0.25, 0.3) is 16.2 Å². The molecule has 8 heteroatoms. The number of fused-ring (bicyclic) bond motifs is 1. The van der Waals surface area contributed by atoms with Crippen LogP contribution in [0, 0.1) is 6.92 Å². The van der Waals surface area contributed by atoms with Crippen molar-refractivity contribution in [1.29, 1.82) is 0 Å². The van der Waals surface area contributed by atoms with Gasteiger partial charge in [-0.05, 0) is 58.7 Å². The van der Waals surface area contributed by atoms with E-state index in [9.17, 15) is 10.2 Å². The number of methoxy groups -OCH3 is 1. The SMILES string of the molecule is COc1ccc(-c2c(C)nc3sc(C(C)(C)O)nn23)cc1S[C@H]1C[C@](C)(O)C1. The third-order valence-electron chi connectivity index (χ3n) is 4.97. The molecule has 0 atom stereocenters. The van der Waals surface area contributed by atoms with Gasteiger partial charge in [-0.3, -0.25) is 0 Å². The summed E-state index contributed by atoms with van der Waals surface area (Å²) < 4.78 is 7.37. The smallest absolute Gasteiger partial charge is 0.213 e. The highest BCUT2D eigenvalue weighted by molar-refractivity contribution is 8.00. The van der Waals surface area contributed by atoms with Gasteiger partial charge in [-0.1, -0.05) is 11.3 Å². The Labute approximate surface area is 172 Å². The third kappa shape index (κ3) is 3.54. The molecule has 0 amide bonds. The predicted molar refractivity (Wildman–Crippen MR) is 112 cm³/mol. The van der Waals surface area contributed by atoms with Crippen LogP contribution >= 0.6 is 23.1 Å². The molecular weight excluding hydrogens is 394 g/mol. The number of aliphatic hydroxyl groups is 2. The molecule has 0 unspecified atom stereocenters. The third-order valence-corrected chi connectivity index (χ3v) is 7.43. The maximum Gasteiger partial charge on any atom is 0.213 e. The summed E-state index contributed by atoms with van der Waals surface area (Å²) in [5, 5.41) is 26.0. The molecule has 2 N–H and O–H groups in total. The average Bonchev–Trinajstić information content (AvgIpc) is 3.09. The Morgan fingerprint density at radius 1 is 1.36 bits per heavy atom. The molecule has 1 aliphatic carbocycles. The molecule has 0 spiro atoms. The summed E-state index contributed by atoms with van der Waals surface area (Å²) in [6.45, 7) is 7.31. The van der Waals surface area contributed by atoms with Crippen molar-refractivity contribution in [2.24, 2.45) is 0 Å². The minimum atomic E-state index is -1.00. The first-order chi connectivity index (χ1) is 13.1. The Morgan fingerprint density at radius 3 is 2.68 bits per heavy atom. The Morgan fingerprint density at radius 2 is 2.07 bits per heavy atom. The molecule has 0 radical (unpaired) electrons. The van der Waals surface area contributed by atoms with E-state index >= 15 is 0 Å². The molecule has 4 rings (SSSR count). The van der Waals surface area contributed by atoms with Crippen LogP contribution in [0.3, 0.4) is 0 Å². The number of aromatic nitrogens is 3. The van der Waals surface area contributed by atoms with Crippen LogP contribution < -0.4 is 4.74 Å². The maximum atomic E-state index is 10.3. The van der Waals surface area contributed by atoms with Gasteiger partial charge in [0.05, 0.1) is 29.0 Å². The first kappa shape index (κ1) is 19.7. The number of aryl methyl sites for hydroxylation is 1. The van der Waals surface area contributed by atoms with Crippen LogP contribution in [0.15, 0.2) is 23.1 Å². The second-order valence-corrected chi connectivity index (χ2v) is 10.5. The topological polar surface area (TPSA) is 79.9 Å². The van der Waals surface area contributed by atoms with E-state index in [0.717, 1.165) is 45.4 Å². The van der Waals surface area contributed by atoms with E-state index in [1.54, 1.807) is 32.7 Å². The van der Waals surface area contributed by atoms with Crippen molar-refractivity contribution in [2.45, 2.75) is 61.9 Å². The number of hydrogen-bond acceptors (Lipinski definition) is 7. The monoisotopic (exact) mass is 419 g/mol. The predicted octanol–water partition coefficient (Wildman–Crippen LogP) is 4.01. The lowest BCUT2D eigenvalue weighted by Gasteiger charge is -2.40. The zero-order valence-electron chi connectivity index (χ0n) is 16.7. The molecular formula is C20H25N3O3S2. The average molecular weight is 420 g/mol. The molecule has 3 aromatic rings. The number of nitrogens with zero attached hydrogens (tertiary/aromatic N) is 3. The second-order valence-electron chi connectivity index (χ2n) is 8.22. The Kier molecular flexibility index (Phi) is 4.73. The van der Waals surface area contributed by atoms with Gasteiger partial charge in [-0.2, -0.15) is 5.10 Å². The molecule has 2 aromatic heterocycles. The molecule has 1 fully saturated rings. The number of thioether (sulfide) groups is 1. The van der Waals surface area contributed by atoms with Gasteiger partial charge in [-0.25, -0.2) is 9.50 Å². The highest BCUT2D eigenvalue weighted by Gasteiger charge is 2.39. The number of rotatable bonds is 5. The van der Waals surface area contributed by atoms with Gasteiger partial charge in [0.1, 0.15) is 16.4 Å². The van der Waals surface area contributed by atoms with Crippen LogP contribution in [0.1, 0.15) is 44.3 Å². The van der Waals surface area contributed by atoms with E-state index in [2.05, 4.69) is 16.1 Å². The molecule has 150 valence electrons. The summed E-state index contributed by atoms with van der Waals surface area (Å²) in [6, 6.07) is 6.09. The van der Waals surface area contributed by atoms with Crippen LogP contribution in [-0.4, -0.2) is 42.8 Å². The minimum absolute atomic E-state index is 0.381. The van der Waals surface area contributed by atoms with Gasteiger partial charge < -0.3 is 14.9 Å². The lowest BCUT2D eigenvalue weighted by molar-refractivity contribution is -0.00945. The van der Waals surface area contributed by atoms with Crippen molar-refractivity contribution >= 4 is 28.1 Å². The van der Waals surface area contributed by atoms with Crippen molar-refractivity contribution < 1.29 is 14.9 Å². The fourth-order valence-corrected chi connectivity index (χ4v) is 6.18. The van der Waals surface area contributed by atoms with E-state index < -0.39 is 11.2 Å². The fourth-order valence-electron chi connectivity index (χ4n) is 3.53. The van der Waals surface area contributed by atoms with E-state index in [4.69, 9.17) is 4.74 Å². The van der Waals surface area contributed by atoms with Gasteiger partial charge >= 0.3 is 0 Å². The number of imidazole rings is 1. The Bertz CT molecular complexity index is 1030. The van der Waals surface area contributed by atoms with Crippen molar-refractivity contribution in [2.75, 3.05) is 7.11 Å².